The van der Waals surface area contributed by atoms with Crippen LogP contribution in [0.1, 0.15) is 68.8 Å². The lowest BCUT2D eigenvalue weighted by molar-refractivity contribution is -0.132. The zero-order chi connectivity index (χ0) is 49.9. The summed E-state index contributed by atoms with van der Waals surface area (Å²) in [4.78, 5) is 70.8. The molecule has 354 valence electrons. The van der Waals surface area contributed by atoms with Gasteiger partial charge >= 0.3 is 29.8 Å². The minimum atomic E-state index is -2.82. The van der Waals surface area contributed by atoms with E-state index in [0.29, 0.717) is 24.3 Å². The Morgan fingerprint density at radius 2 is 0.853 bits per heavy atom. The molecule has 1 unspecified atom stereocenters. The van der Waals surface area contributed by atoms with E-state index in [1.54, 1.807) is 0 Å². The second kappa shape index (κ2) is 15.5. The Labute approximate surface area is 374 Å². The molecule has 5 aromatic carbocycles. The highest BCUT2D eigenvalue weighted by atomic mass is 16.6. The third-order valence-corrected chi connectivity index (χ3v) is 11.4. The third-order valence-electron chi connectivity index (χ3n) is 11.4. The average Bonchev–Trinajstić information content (AvgIpc) is 3.31. The van der Waals surface area contributed by atoms with Crippen molar-refractivity contribution in [3.05, 3.63) is 63.2 Å². The van der Waals surface area contributed by atoms with Gasteiger partial charge in [0.2, 0.25) is 28.7 Å². The number of rotatable bonds is 3. The third kappa shape index (κ3) is 6.33. The molecule has 26 heteroatoms. The fourth-order valence-electron chi connectivity index (χ4n) is 8.29. The van der Waals surface area contributed by atoms with Crippen LogP contribution in [0.2, 0.25) is 0 Å². The van der Waals surface area contributed by atoms with Gasteiger partial charge in [-0.2, -0.15) is 0 Å². The first-order valence-electron chi connectivity index (χ1n) is 18.9. The Hall–Kier alpha value is -9.59. The van der Waals surface area contributed by atoms with Crippen molar-refractivity contribution < 1.29 is 129 Å². The topological polar surface area (TPSA) is 455 Å². The van der Waals surface area contributed by atoms with Crippen molar-refractivity contribution in [2.75, 3.05) is 13.7 Å². The molecule has 5 atom stereocenters. The smallest absolute Gasteiger partial charge is 0.339 e. The molecular weight excluding hydrogens is 920 g/mol. The number of aliphatic hydroxyl groups excluding tert-OH is 1. The summed E-state index contributed by atoms with van der Waals surface area (Å²) in [6, 6.07) is 1.62. The zero-order valence-electron chi connectivity index (χ0n) is 33.6. The van der Waals surface area contributed by atoms with Crippen LogP contribution in [0.5, 0.6) is 86.2 Å². The second-order valence-corrected chi connectivity index (χ2v) is 15.1. The van der Waals surface area contributed by atoms with E-state index in [1.165, 1.54) is 0 Å². The zero-order valence-corrected chi connectivity index (χ0v) is 33.6. The van der Waals surface area contributed by atoms with E-state index in [0.717, 1.165) is 7.11 Å². The SMILES string of the molecule is COC(=O)c1cc(O)c(O)c(O)c1[C@@H]1c2c(O)c(O)c(O)c3c2C(=O)O[C@@H]1[C@@H]([C@@H]1OC(=O)c2cc(O)c(O)c(O)c2-c2c(cc(O)c(O)c2O)C(=O)OCC1O)OC(=O)c1cc(O)c(O)c(O)c1-3. The molecule has 16 N–H and O–H groups in total. The second-order valence-electron chi connectivity index (χ2n) is 15.1. The van der Waals surface area contributed by atoms with Crippen LogP contribution < -0.4 is 0 Å². The number of hydrogen-bond acceptors (Lipinski definition) is 26. The maximum Gasteiger partial charge on any atom is 0.339 e. The van der Waals surface area contributed by atoms with E-state index in [4.69, 9.17) is 23.7 Å². The van der Waals surface area contributed by atoms with E-state index in [9.17, 15) is 106 Å². The van der Waals surface area contributed by atoms with Gasteiger partial charge in [-0.05, 0) is 24.3 Å². The Kier molecular flexibility index (Phi) is 10.3. The molecule has 0 saturated carbocycles. The lowest BCUT2D eigenvalue weighted by Gasteiger charge is -2.42. The van der Waals surface area contributed by atoms with Crippen LogP contribution in [0, 0.1) is 0 Å². The summed E-state index contributed by atoms with van der Waals surface area (Å²) in [6.45, 7) is -1.46. The quantitative estimate of drug-likeness (QED) is 0.0689. The molecule has 3 heterocycles. The summed E-state index contributed by atoms with van der Waals surface area (Å²) in [7, 11) is 0.775. The fourth-order valence-corrected chi connectivity index (χ4v) is 8.29. The maximum absolute atomic E-state index is 14.6. The van der Waals surface area contributed by atoms with Crippen molar-refractivity contribution in [3.63, 3.8) is 0 Å². The average molecular weight is 951 g/mol. The van der Waals surface area contributed by atoms with Crippen LogP contribution in [-0.2, 0) is 23.7 Å². The van der Waals surface area contributed by atoms with Crippen molar-refractivity contribution in [1.82, 2.24) is 0 Å². The van der Waals surface area contributed by atoms with Gasteiger partial charge in [-0.25, -0.2) is 24.0 Å². The molecule has 0 spiro atoms. The Bertz CT molecular complexity index is 3140. The van der Waals surface area contributed by atoms with Crippen LogP contribution in [0.3, 0.4) is 0 Å². The predicted molar refractivity (Wildman–Crippen MR) is 212 cm³/mol. The van der Waals surface area contributed by atoms with Gasteiger partial charge < -0.3 is 105 Å². The highest BCUT2D eigenvalue weighted by Gasteiger charge is 2.55. The molecular formula is C42H30O26. The largest absolute Gasteiger partial charge is 0.504 e. The number of benzene rings is 5. The minimum Gasteiger partial charge on any atom is -0.504 e. The first kappa shape index (κ1) is 45.0. The molecule has 5 aromatic rings. The van der Waals surface area contributed by atoms with Crippen LogP contribution in [0.15, 0.2) is 24.3 Å². The number of esters is 5. The van der Waals surface area contributed by atoms with Crippen LogP contribution in [0.25, 0.3) is 22.3 Å². The number of fused-ring (bicyclic) bond motifs is 7. The van der Waals surface area contributed by atoms with Crippen LogP contribution in [0.4, 0.5) is 0 Å². The summed E-state index contributed by atoms with van der Waals surface area (Å²) in [6.07, 6.45) is -10.9. The van der Waals surface area contributed by atoms with Gasteiger partial charge in [0, 0.05) is 33.4 Å². The summed E-state index contributed by atoms with van der Waals surface area (Å²) in [5, 5.41) is 176. The highest BCUT2D eigenvalue weighted by molar-refractivity contribution is 6.11. The van der Waals surface area contributed by atoms with Crippen molar-refractivity contribution in [2.24, 2.45) is 0 Å². The van der Waals surface area contributed by atoms with Gasteiger partial charge in [0.05, 0.1) is 40.8 Å². The number of cyclic esters (lactones) is 3. The molecule has 68 heavy (non-hydrogen) atoms. The normalized spacial score (nSPS) is 19.8. The van der Waals surface area contributed by atoms with E-state index in [2.05, 4.69) is 0 Å². The van der Waals surface area contributed by atoms with E-state index >= 15 is 0 Å². The Morgan fingerprint density at radius 1 is 0.456 bits per heavy atom. The van der Waals surface area contributed by atoms with Crippen molar-refractivity contribution >= 4 is 29.8 Å². The number of hydrogen-bond donors (Lipinski definition) is 16. The fraction of sp³-hybridized carbons (Fsp3) is 0.167. The van der Waals surface area contributed by atoms with E-state index in [-0.39, 0.29) is 0 Å². The van der Waals surface area contributed by atoms with E-state index < -0.39 is 214 Å². The standard InChI is InChI=1S/C42H30O26/c1-64-38(59)7-2-11(43)27(51)31(55)19(7)22-21-23-20(32(56)34(58)33(21)57)18-10(5-14(46)26(50)30(18)54)41(62)68-37(36(22)67-42(23)63)35-15(47)6-65-39(60)8-3-12(44)24(48)28(52)16(8)17-9(40(61)66-35)4-13(45)25(49)29(17)53/h2-5,15,22,35-37,43-58H,6H2,1H3/t15?,22-,35-,36+,37-/m1/s1. The number of phenols is 15. The molecule has 26 nitrogen and oxygen atoms in total. The van der Waals surface area contributed by atoms with Gasteiger partial charge in [0.15, 0.2) is 75.8 Å². The van der Waals surface area contributed by atoms with Gasteiger partial charge in [-0.1, -0.05) is 0 Å². The lowest BCUT2D eigenvalue weighted by Crippen LogP contribution is -2.55. The predicted octanol–water partition coefficient (Wildman–Crippen LogP) is 1.36. The van der Waals surface area contributed by atoms with Crippen molar-refractivity contribution in [1.29, 1.82) is 0 Å². The molecule has 0 amide bonds. The molecule has 0 fully saturated rings. The molecule has 3 aliphatic rings. The highest BCUT2D eigenvalue weighted by Crippen LogP contribution is 2.61. The monoisotopic (exact) mass is 950 g/mol. The summed E-state index contributed by atoms with van der Waals surface area (Å²) >= 11 is 0. The summed E-state index contributed by atoms with van der Waals surface area (Å²) < 4.78 is 27.0. The lowest BCUT2D eigenvalue weighted by atomic mass is 9.73. The minimum absolute atomic E-state index is 0.342. The van der Waals surface area contributed by atoms with Crippen LogP contribution in [-0.4, -0.2) is 150 Å². The molecule has 2 bridgehead atoms. The number of ether oxygens (including phenoxy) is 5. The van der Waals surface area contributed by atoms with E-state index in [1.807, 2.05) is 0 Å². The number of aromatic hydroxyl groups is 15. The van der Waals surface area contributed by atoms with Crippen molar-refractivity contribution in [3.8, 4) is 108 Å². The number of phenolic OH excluding ortho intramolecular Hbond substituents is 15. The van der Waals surface area contributed by atoms with Crippen LogP contribution >= 0.6 is 0 Å². The molecule has 0 aliphatic carbocycles. The number of carbonyl (C=O) groups is 5. The first-order valence-corrected chi connectivity index (χ1v) is 18.9. The Balaban J connectivity index is 1.49. The van der Waals surface area contributed by atoms with Crippen molar-refractivity contribution in [2.45, 2.75) is 30.3 Å². The van der Waals surface area contributed by atoms with Gasteiger partial charge in [-0.15, -0.1) is 0 Å². The molecule has 3 aliphatic heterocycles. The van der Waals surface area contributed by atoms with Gasteiger partial charge in [0.1, 0.15) is 12.7 Å². The summed E-state index contributed by atoms with van der Waals surface area (Å²) in [5.41, 5.74) is -12.4. The van der Waals surface area contributed by atoms with Gasteiger partial charge in [0.25, 0.3) is 0 Å². The first-order chi connectivity index (χ1) is 31.9. The van der Waals surface area contributed by atoms with Gasteiger partial charge in [-0.3, -0.25) is 0 Å². The summed E-state index contributed by atoms with van der Waals surface area (Å²) in [5.74, 6) is -32.9. The maximum atomic E-state index is 14.6. The molecule has 0 saturated heterocycles. The number of carbonyl (C=O) groups excluding carboxylic acids is 5. The molecule has 0 radical (unpaired) electrons. The number of methoxy groups -OCH3 is 1. The number of aliphatic hydroxyl groups is 1. The molecule has 8 rings (SSSR count). The Morgan fingerprint density at radius 3 is 1.35 bits per heavy atom. The molecule has 0 aromatic heterocycles.